The molecule has 0 unspecified atom stereocenters. The Labute approximate surface area is 135 Å². The Morgan fingerprint density at radius 2 is 1.96 bits per heavy atom. The minimum absolute atomic E-state index is 0.0785. The SMILES string of the molecule is O=C(O)c1cccc(N2CC(OCCCc3ccccc3)C2)n1. The number of carboxylic acids is 1. The second kappa shape index (κ2) is 7.24. The minimum Gasteiger partial charge on any atom is -0.477 e. The zero-order chi connectivity index (χ0) is 16.1. The summed E-state index contributed by atoms with van der Waals surface area (Å²) < 4.78 is 5.84. The number of aromatic carboxylic acids is 1. The lowest BCUT2D eigenvalue weighted by Crippen LogP contribution is -2.52. The van der Waals surface area contributed by atoms with Crippen LogP contribution in [-0.2, 0) is 11.2 Å². The van der Waals surface area contributed by atoms with Gasteiger partial charge in [0, 0.05) is 19.7 Å². The average Bonchev–Trinajstić information content (AvgIpc) is 2.54. The summed E-state index contributed by atoms with van der Waals surface area (Å²) in [5.74, 6) is -0.296. The Hall–Kier alpha value is -2.40. The van der Waals surface area contributed by atoms with Crippen molar-refractivity contribution < 1.29 is 14.6 Å². The number of hydrogen-bond donors (Lipinski definition) is 1. The highest BCUT2D eigenvalue weighted by Crippen LogP contribution is 2.20. The first-order valence-electron chi connectivity index (χ1n) is 7.83. The van der Waals surface area contributed by atoms with Gasteiger partial charge in [-0.1, -0.05) is 36.4 Å². The van der Waals surface area contributed by atoms with Crippen molar-refractivity contribution in [3.05, 3.63) is 59.8 Å². The van der Waals surface area contributed by atoms with Gasteiger partial charge >= 0.3 is 5.97 Å². The molecule has 0 amide bonds. The van der Waals surface area contributed by atoms with E-state index in [0.29, 0.717) is 5.82 Å². The van der Waals surface area contributed by atoms with Crippen LogP contribution in [0.5, 0.6) is 0 Å². The summed E-state index contributed by atoms with van der Waals surface area (Å²) in [6, 6.07) is 15.5. The van der Waals surface area contributed by atoms with Crippen LogP contribution in [0.4, 0.5) is 5.82 Å². The minimum atomic E-state index is -0.999. The third kappa shape index (κ3) is 4.07. The van der Waals surface area contributed by atoms with Crippen LogP contribution >= 0.6 is 0 Å². The molecule has 5 nitrogen and oxygen atoms in total. The van der Waals surface area contributed by atoms with Crippen LogP contribution in [0.25, 0.3) is 0 Å². The van der Waals surface area contributed by atoms with Gasteiger partial charge in [-0.2, -0.15) is 0 Å². The fourth-order valence-electron chi connectivity index (χ4n) is 2.62. The molecule has 1 aromatic heterocycles. The van der Waals surface area contributed by atoms with Crippen LogP contribution in [0.3, 0.4) is 0 Å². The molecule has 0 radical (unpaired) electrons. The number of aromatic nitrogens is 1. The van der Waals surface area contributed by atoms with Gasteiger partial charge in [-0.3, -0.25) is 0 Å². The fourth-order valence-corrected chi connectivity index (χ4v) is 2.62. The van der Waals surface area contributed by atoms with Gasteiger partial charge in [-0.15, -0.1) is 0 Å². The zero-order valence-corrected chi connectivity index (χ0v) is 12.9. The van der Waals surface area contributed by atoms with E-state index >= 15 is 0 Å². The van der Waals surface area contributed by atoms with E-state index in [1.807, 2.05) is 17.0 Å². The molecule has 1 fully saturated rings. The molecule has 0 saturated carbocycles. The first-order valence-corrected chi connectivity index (χ1v) is 7.83. The molecule has 1 aliphatic rings. The number of carbonyl (C=O) groups is 1. The molecule has 2 heterocycles. The average molecular weight is 312 g/mol. The standard InChI is InChI=1S/C18H20N2O3/c21-18(22)16-9-4-10-17(19-16)20-12-15(13-20)23-11-5-8-14-6-2-1-3-7-14/h1-4,6-7,9-10,15H,5,8,11-13H2,(H,21,22). The Morgan fingerprint density at radius 1 is 1.17 bits per heavy atom. The van der Waals surface area contributed by atoms with Crippen molar-refractivity contribution in [3.8, 4) is 0 Å². The Kier molecular flexibility index (Phi) is 4.88. The molecule has 1 saturated heterocycles. The monoisotopic (exact) mass is 312 g/mol. The third-order valence-electron chi connectivity index (χ3n) is 3.93. The van der Waals surface area contributed by atoms with Crippen LogP contribution in [0.2, 0.25) is 0 Å². The molecule has 23 heavy (non-hydrogen) atoms. The van der Waals surface area contributed by atoms with Gasteiger partial charge in [0.15, 0.2) is 5.69 Å². The number of carboxylic acid groups (broad SMARTS) is 1. The van der Waals surface area contributed by atoms with Gasteiger partial charge in [0.05, 0.1) is 6.10 Å². The largest absolute Gasteiger partial charge is 0.477 e. The molecule has 5 heteroatoms. The third-order valence-corrected chi connectivity index (χ3v) is 3.93. The van der Waals surface area contributed by atoms with Crippen LogP contribution in [0, 0.1) is 0 Å². The van der Waals surface area contributed by atoms with E-state index in [1.54, 1.807) is 6.07 Å². The second-order valence-electron chi connectivity index (χ2n) is 5.67. The molecule has 1 aromatic carbocycles. The van der Waals surface area contributed by atoms with Gasteiger partial charge in [-0.25, -0.2) is 9.78 Å². The number of benzene rings is 1. The van der Waals surface area contributed by atoms with Crippen molar-refractivity contribution in [3.63, 3.8) is 0 Å². The molecular weight excluding hydrogens is 292 g/mol. The number of ether oxygens (including phenoxy) is 1. The first kappa shape index (κ1) is 15.5. The van der Waals surface area contributed by atoms with Gasteiger partial charge in [0.2, 0.25) is 0 Å². The predicted octanol–water partition coefficient (Wildman–Crippen LogP) is 2.62. The topological polar surface area (TPSA) is 62.7 Å². The molecule has 0 aliphatic carbocycles. The quantitative estimate of drug-likeness (QED) is 0.796. The lowest BCUT2D eigenvalue weighted by atomic mass is 10.1. The van der Waals surface area contributed by atoms with Crippen LogP contribution in [0.15, 0.2) is 48.5 Å². The lowest BCUT2D eigenvalue weighted by molar-refractivity contribution is 0.0327. The highest BCUT2D eigenvalue weighted by molar-refractivity contribution is 5.85. The Balaban J connectivity index is 1.38. The van der Waals surface area contributed by atoms with E-state index in [2.05, 4.69) is 29.2 Å². The maximum Gasteiger partial charge on any atom is 0.354 e. The van der Waals surface area contributed by atoms with Crippen LogP contribution in [-0.4, -0.2) is 41.9 Å². The molecule has 1 aliphatic heterocycles. The van der Waals surface area contributed by atoms with E-state index in [9.17, 15) is 4.79 Å². The van der Waals surface area contributed by atoms with Gasteiger partial charge in [0.25, 0.3) is 0 Å². The van der Waals surface area contributed by atoms with Gasteiger partial charge in [0.1, 0.15) is 5.82 Å². The number of rotatable bonds is 7. The van der Waals surface area contributed by atoms with Crippen LogP contribution in [0.1, 0.15) is 22.5 Å². The van der Waals surface area contributed by atoms with Crippen molar-refractivity contribution in [2.24, 2.45) is 0 Å². The zero-order valence-electron chi connectivity index (χ0n) is 12.9. The van der Waals surface area contributed by atoms with E-state index in [1.165, 1.54) is 11.6 Å². The molecular formula is C18H20N2O3. The predicted molar refractivity (Wildman–Crippen MR) is 87.9 cm³/mol. The fraction of sp³-hybridized carbons (Fsp3) is 0.333. The van der Waals surface area contributed by atoms with Crippen molar-refractivity contribution >= 4 is 11.8 Å². The van der Waals surface area contributed by atoms with Gasteiger partial charge < -0.3 is 14.7 Å². The smallest absolute Gasteiger partial charge is 0.354 e. The van der Waals surface area contributed by atoms with E-state index in [4.69, 9.17) is 9.84 Å². The maximum atomic E-state index is 10.9. The highest BCUT2D eigenvalue weighted by Gasteiger charge is 2.28. The summed E-state index contributed by atoms with van der Waals surface area (Å²) in [5, 5.41) is 8.97. The van der Waals surface area contributed by atoms with Crippen molar-refractivity contribution in [1.82, 2.24) is 4.98 Å². The summed E-state index contributed by atoms with van der Waals surface area (Å²) in [5.41, 5.74) is 1.41. The number of nitrogens with zero attached hydrogens (tertiary/aromatic N) is 2. The lowest BCUT2D eigenvalue weighted by Gasteiger charge is -2.39. The van der Waals surface area contributed by atoms with Crippen molar-refractivity contribution in [2.45, 2.75) is 18.9 Å². The molecule has 0 spiro atoms. The normalized spacial score (nSPS) is 14.5. The second-order valence-corrected chi connectivity index (χ2v) is 5.67. The molecule has 3 rings (SSSR count). The van der Waals surface area contributed by atoms with E-state index < -0.39 is 5.97 Å². The van der Waals surface area contributed by atoms with Crippen molar-refractivity contribution in [2.75, 3.05) is 24.6 Å². The number of anilines is 1. The summed E-state index contributed by atoms with van der Waals surface area (Å²) in [6.07, 6.45) is 2.24. The molecule has 120 valence electrons. The summed E-state index contributed by atoms with van der Waals surface area (Å²) in [7, 11) is 0. The summed E-state index contributed by atoms with van der Waals surface area (Å²) >= 11 is 0. The molecule has 2 aromatic rings. The van der Waals surface area contributed by atoms with Gasteiger partial charge in [-0.05, 0) is 30.5 Å². The highest BCUT2D eigenvalue weighted by atomic mass is 16.5. The number of hydrogen-bond acceptors (Lipinski definition) is 4. The maximum absolute atomic E-state index is 10.9. The number of aryl methyl sites for hydroxylation is 1. The van der Waals surface area contributed by atoms with E-state index in [-0.39, 0.29) is 11.8 Å². The summed E-state index contributed by atoms with van der Waals surface area (Å²) in [4.78, 5) is 17.1. The molecule has 0 bridgehead atoms. The molecule has 1 N–H and O–H groups in total. The summed E-state index contributed by atoms with van der Waals surface area (Å²) in [6.45, 7) is 2.28. The molecule has 0 atom stereocenters. The first-order chi connectivity index (χ1) is 11.2. The van der Waals surface area contributed by atoms with E-state index in [0.717, 1.165) is 32.5 Å². The Morgan fingerprint density at radius 3 is 2.70 bits per heavy atom. The Bertz CT molecular complexity index is 654. The number of pyridine rings is 1. The van der Waals surface area contributed by atoms with Crippen molar-refractivity contribution in [1.29, 1.82) is 0 Å². The van der Waals surface area contributed by atoms with Crippen LogP contribution < -0.4 is 4.90 Å².